The molecule has 7 heteroatoms. The van der Waals surface area contributed by atoms with Gasteiger partial charge < -0.3 is 0 Å². The molecule has 0 atom stereocenters. The number of rotatable bonds is 2. The summed E-state index contributed by atoms with van der Waals surface area (Å²) in [5.41, 5.74) is 0.582. The molecule has 0 aliphatic carbocycles. The highest BCUT2D eigenvalue weighted by Crippen LogP contribution is 2.32. The first-order valence-corrected chi connectivity index (χ1v) is 7.85. The molecule has 0 aromatic heterocycles. The standard InChI is InChI=1S/C14H12N2O4S/c1-2-16-13(17)10-5-3-4-8-6-9(21(15,19)20)7-11(12(8)10)14(16)18/h3-7H,2H2,1H3,(H2,15,19,20). The minimum atomic E-state index is -3.93. The maximum atomic E-state index is 12.4. The van der Waals surface area contributed by atoms with Crippen LogP contribution in [0.2, 0.25) is 0 Å². The fraction of sp³-hybridized carbons (Fsp3) is 0.143. The maximum Gasteiger partial charge on any atom is 0.261 e. The summed E-state index contributed by atoms with van der Waals surface area (Å²) in [6.45, 7) is 1.90. The summed E-state index contributed by atoms with van der Waals surface area (Å²) in [6.07, 6.45) is 0. The molecule has 2 amide bonds. The van der Waals surface area contributed by atoms with Crippen LogP contribution in [0.5, 0.6) is 0 Å². The lowest BCUT2D eigenvalue weighted by Crippen LogP contribution is -2.40. The van der Waals surface area contributed by atoms with Crippen molar-refractivity contribution in [3.05, 3.63) is 41.5 Å². The number of hydrogen-bond acceptors (Lipinski definition) is 4. The Kier molecular flexibility index (Phi) is 2.86. The third kappa shape index (κ3) is 1.93. The second-order valence-corrected chi connectivity index (χ2v) is 6.34. The summed E-state index contributed by atoms with van der Waals surface area (Å²) in [6, 6.07) is 7.54. The van der Waals surface area contributed by atoms with Gasteiger partial charge in [-0.05, 0) is 30.5 Å². The van der Waals surface area contributed by atoms with E-state index in [1.54, 1.807) is 25.1 Å². The van der Waals surface area contributed by atoms with Crippen LogP contribution in [-0.4, -0.2) is 31.7 Å². The Bertz CT molecular complexity index is 903. The first-order valence-electron chi connectivity index (χ1n) is 6.30. The van der Waals surface area contributed by atoms with Crippen LogP contribution in [0.4, 0.5) is 0 Å². The van der Waals surface area contributed by atoms with Crippen LogP contribution in [0, 0.1) is 0 Å². The smallest absolute Gasteiger partial charge is 0.261 e. The van der Waals surface area contributed by atoms with Crippen LogP contribution < -0.4 is 5.14 Å². The van der Waals surface area contributed by atoms with Crippen molar-refractivity contribution in [3.63, 3.8) is 0 Å². The Morgan fingerprint density at radius 2 is 1.76 bits per heavy atom. The average molecular weight is 304 g/mol. The second kappa shape index (κ2) is 4.37. The third-order valence-electron chi connectivity index (χ3n) is 3.55. The highest BCUT2D eigenvalue weighted by Gasteiger charge is 2.32. The lowest BCUT2D eigenvalue weighted by molar-refractivity contribution is 0.0619. The van der Waals surface area contributed by atoms with Crippen molar-refractivity contribution >= 4 is 32.6 Å². The quantitative estimate of drug-likeness (QED) is 0.840. The number of imide groups is 1. The fourth-order valence-corrected chi connectivity index (χ4v) is 3.16. The minimum Gasteiger partial charge on any atom is -0.275 e. The molecular formula is C14H12N2O4S. The fourth-order valence-electron chi connectivity index (χ4n) is 2.58. The first-order chi connectivity index (χ1) is 9.84. The number of nitrogens with zero attached hydrogens (tertiary/aromatic N) is 1. The number of hydrogen-bond donors (Lipinski definition) is 1. The SMILES string of the molecule is CCN1C(=O)c2cccc3cc(S(N)(=O)=O)cc(c23)C1=O. The lowest BCUT2D eigenvalue weighted by Gasteiger charge is -2.26. The van der Waals surface area contributed by atoms with Gasteiger partial charge in [0.1, 0.15) is 0 Å². The van der Waals surface area contributed by atoms with Gasteiger partial charge in [-0.15, -0.1) is 0 Å². The maximum absolute atomic E-state index is 12.4. The van der Waals surface area contributed by atoms with Gasteiger partial charge in [-0.2, -0.15) is 0 Å². The zero-order valence-corrected chi connectivity index (χ0v) is 12.0. The zero-order valence-electron chi connectivity index (χ0n) is 11.2. The van der Waals surface area contributed by atoms with Crippen LogP contribution >= 0.6 is 0 Å². The zero-order chi connectivity index (χ0) is 15.4. The highest BCUT2D eigenvalue weighted by molar-refractivity contribution is 7.89. The Labute approximate surface area is 121 Å². The van der Waals surface area contributed by atoms with Crippen LogP contribution in [0.3, 0.4) is 0 Å². The molecule has 2 aromatic rings. The van der Waals surface area contributed by atoms with Crippen molar-refractivity contribution < 1.29 is 18.0 Å². The molecule has 0 saturated carbocycles. The van der Waals surface area contributed by atoms with E-state index in [9.17, 15) is 18.0 Å². The Morgan fingerprint density at radius 1 is 1.10 bits per heavy atom. The average Bonchev–Trinajstić information content (AvgIpc) is 2.43. The number of carbonyl (C=O) groups excluding carboxylic acids is 2. The Balaban J connectivity index is 2.46. The molecule has 0 bridgehead atoms. The number of sulfonamides is 1. The van der Waals surface area contributed by atoms with Gasteiger partial charge in [0.15, 0.2) is 0 Å². The van der Waals surface area contributed by atoms with E-state index in [4.69, 9.17) is 5.14 Å². The van der Waals surface area contributed by atoms with E-state index in [-0.39, 0.29) is 22.9 Å². The first kappa shape index (κ1) is 13.7. The summed E-state index contributed by atoms with van der Waals surface area (Å²) < 4.78 is 23.1. The van der Waals surface area contributed by atoms with Crippen LogP contribution in [0.15, 0.2) is 35.2 Å². The molecule has 1 heterocycles. The number of amides is 2. The molecule has 3 rings (SSSR count). The third-order valence-corrected chi connectivity index (χ3v) is 4.44. The highest BCUT2D eigenvalue weighted by atomic mass is 32.2. The van der Waals surface area contributed by atoms with Gasteiger partial charge in [-0.1, -0.05) is 12.1 Å². The molecule has 6 nitrogen and oxygen atoms in total. The van der Waals surface area contributed by atoms with Crippen molar-refractivity contribution in [2.75, 3.05) is 6.54 Å². The van der Waals surface area contributed by atoms with E-state index < -0.39 is 15.9 Å². The van der Waals surface area contributed by atoms with Gasteiger partial charge in [-0.3, -0.25) is 14.5 Å². The summed E-state index contributed by atoms with van der Waals surface area (Å²) in [5.74, 6) is -0.874. The minimum absolute atomic E-state index is 0.138. The molecule has 1 aliphatic rings. The number of carbonyl (C=O) groups is 2. The second-order valence-electron chi connectivity index (χ2n) is 4.77. The molecule has 0 unspecified atom stereocenters. The van der Waals surface area contributed by atoms with Crippen molar-refractivity contribution in [2.45, 2.75) is 11.8 Å². The van der Waals surface area contributed by atoms with E-state index in [1.165, 1.54) is 12.1 Å². The van der Waals surface area contributed by atoms with Gasteiger partial charge in [0.2, 0.25) is 10.0 Å². The van der Waals surface area contributed by atoms with E-state index >= 15 is 0 Å². The van der Waals surface area contributed by atoms with Gasteiger partial charge in [0.05, 0.1) is 4.90 Å². The van der Waals surface area contributed by atoms with E-state index in [0.717, 1.165) is 4.90 Å². The Hall–Kier alpha value is -2.25. The predicted octanol–water partition coefficient (Wildman–Crippen LogP) is 1.10. The number of nitrogens with two attached hydrogens (primary N) is 1. The summed E-state index contributed by atoms with van der Waals surface area (Å²) in [7, 11) is -3.93. The number of benzene rings is 2. The van der Waals surface area contributed by atoms with Crippen molar-refractivity contribution in [1.29, 1.82) is 0 Å². The van der Waals surface area contributed by atoms with Gasteiger partial charge in [0.25, 0.3) is 11.8 Å². The molecule has 108 valence electrons. The van der Waals surface area contributed by atoms with Gasteiger partial charge in [-0.25, -0.2) is 13.6 Å². The van der Waals surface area contributed by atoms with Crippen molar-refractivity contribution in [3.8, 4) is 0 Å². The van der Waals surface area contributed by atoms with Gasteiger partial charge in [0, 0.05) is 23.1 Å². The Morgan fingerprint density at radius 3 is 2.38 bits per heavy atom. The molecule has 0 radical (unpaired) electrons. The van der Waals surface area contributed by atoms with E-state index in [0.29, 0.717) is 16.3 Å². The molecule has 2 N–H and O–H groups in total. The van der Waals surface area contributed by atoms with Crippen molar-refractivity contribution in [2.24, 2.45) is 5.14 Å². The van der Waals surface area contributed by atoms with Gasteiger partial charge >= 0.3 is 0 Å². The molecule has 0 spiro atoms. The molecular weight excluding hydrogens is 292 g/mol. The van der Waals surface area contributed by atoms with Crippen LogP contribution in [0.25, 0.3) is 10.8 Å². The van der Waals surface area contributed by atoms with Crippen LogP contribution in [-0.2, 0) is 10.0 Å². The molecule has 21 heavy (non-hydrogen) atoms. The summed E-state index contributed by atoms with van der Waals surface area (Å²) >= 11 is 0. The van der Waals surface area contributed by atoms with E-state index in [2.05, 4.69) is 0 Å². The predicted molar refractivity (Wildman–Crippen MR) is 76.4 cm³/mol. The van der Waals surface area contributed by atoms with E-state index in [1.807, 2.05) is 0 Å². The normalized spacial score (nSPS) is 14.9. The number of primary sulfonamides is 1. The topological polar surface area (TPSA) is 97.5 Å². The molecule has 0 fully saturated rings. The summed E-state index contributed by atoms with van der Waals surface area (Å²) in [5, 5.41) is 6.13. The monoisotopic (exact) mass is 304 g/mol. The summed E-state index contributed by atoms with van der Waals surface area (Å²) in [4.78, 5) is 25.6. The molecule has 2 aromatic carbocycles. The van der Waals surface area contributed by atoms with Crippen molar-refractivity contribution in [1.82, 2.24) is 4.90 Å². The molecule has 1 aliphatic heterocycles. The van der Waals surface area contributed by atoms with Crippen LogP contribution in [0.1, 0.15) is 27.6 Å². The molecule has 0 saturated heterocycles. The largest absolute Gasteiger partial charge is 0.275 e. The lowest BCUT2D eigenvalue weighted by atomic mass is 9.94.